The van der Waals surface area contributed by atoms with Gasteiger partial charge in [0.05, 0.1) is 12.8 Å². The quantitative estimate of drug-likeness (QED) is 0.627. The van der Waals surface area contributed by atoms with Crippen LogP contribution in [0.2, 0.25) is 0 Å². The number of hydrogen-bond donors (Lipinski definition) is 1. The number of carbonyl (C=O) groups is 3. The van der Waals surface area contributed by atoms with Crippen LogP contribution in [-0.2, 0) is 19.1 Å². The van der Waals surface area contributed by atoms with Gasteiger partial charge in [0.15, 0.2) is 5.71 Å². The molecule has 1 saturated heterocycles. The maximum atomic E-state index is 12.7. The van der Waals surface area contributed by atoms with E-state index in [1.165, 1.54) is 7.11 Å². The molecule has 2 unspecified atom stereocenters. The Morgan fingerprint density at radius 1 is 1.27 bits per heavy atom. The lowest BCUT2D eigenvalue weighted by atomic mass is 9.99. The number of hydrogen-bond acceptors (Lipinski definition) is 6. The summed E-state index contributed by atoms with van der Waals surface area (Å²) in [6.07, 6.45) is 0. The topological polar surface area (TPSA) is 88.1 Å². The predicted molar refractivity (Wildman–Crippen MR) is 78.3 cm³/mol. The lowest BCUT2D eigenvalue weighted by Crippen LogP contribution is -2.36. The summed E-state index contributed by atoms with van der Waals surface area (Å²) in [6, 6.07) is 4.56. The van der Waals surface area contributed by atoms with Crippen LogP contribution in [0.4, 0.5) is 5.69 Å². The zero-order chi connectivity index (χ0) is 16.0. The van der Waals surface area contributed by atoms with E-state index < -0.39 is 29.7 Å². The molecule has 7 nitrogen and oxygen atoms in total. The number of anilines is 1. The molecule has 0 aromatic heterocycles. The number of methoxy groups -OCH3 is 1. The Morgan fingerprint density at radius 3 is 2.68 bits per heavy atom. The summed E-state index contributed by atoms with van der Waals surface area (Å²) in [6.45, 7) is 3.76. The van der Waals surface area contributed by atoms with Gasteiger partial charge in [0.2, 0.25) is 5.91 Å². The minimum atomic E-state index is -0.931. The second-order valence-electron chi connectivity index (χ2n) is 5.30. The van der Waals surface area contributed by atoms with Crippen molar-refractivity contribution in [3.05, 3.63) is 29.3 Å². The molecule has 0 spiro atoms. The van der Waals surface area contributed by atoms with Crippen LogP contribution < -0.4 is 10.3 Å². The molecular weight excluding hydrogens is 286 g/mol. The van der Waals surface area contributed by atoms with E-state index in [0.717, 1.165) is 16.0 Å². The normalized spacial score (nSPS) is 23.2. The molecule has 0 bridgehead atoms. The van der Waals surface area contributed by atoms with Gasteiger partial charge in [-0.25, -0.2) is 9.69 Å². The second kappa shape index (κ2) is 4.94. The number of amides is 2. The minimum Gasteiger partial charge on any atom is -0.464 e. The summed E-state index contributed by atoms with van der Waals surface area (Å²) < 4.78 is 4.62. The largest absolute Gasteiger partial charge is 0.464 e. The molecule has 0 radical (unpaired) electrons. The highest BCUT2D eigenvalue weighted by Crippen LogP contribution is 2.33. The van der Waals surface area contributed by atoms with Crippen molar-refractivity contribution in [2.45, 2.75) is 19.9 Å². The van der Waals surface area contributed by atoms with Gasteiger partial charge in [0, 0.05) is 0 Å². The van der Waals surface area contributed by atoms with Crippen molar-refractivity contribution in [2.24, 2.45) is 11.0 Å². The number of carbonyl (C=O) groups excluding carboxylic acids is 3. The Hall–Kier alpha value is -2.70. The zero-order valence-corrected chi connectivity index (χ0v) is 12.4. The van der Waals surface area contributed by atoms with E-state index in [-0.39, 0.29) is 5.71 Å². The number of benzene rings is 1. The number of rotatable bonds is 2. The van der Waals surface area contributed by atoms with Crippen LogP contribution in [-0.4, -0.2) is 36.6 Å². The Bertz CT molecular complexity index is 725. The number of imide groups is 1. The first-order chi connectivity index (χ1) is 10.5. The molecule has 1 aromatic rings. The number of esters is 1. The second-order valence-corrected chi connectivity index (χ2v) is 5.30. The van der Waals surface area contributed by atoms with E-state index in [2.05, 4.69) is 15.3 Å². The standard InChI is InChI=1S/C15H15N3O4/c1-7-5-4-6-9(8(7)2)18-13(19)10-11(14(18)20)16-17-12(10)15(21)22-3/h4-6,10-11,16H,1-3H3. The van der Waals surface area contributed by atoms with E-state index in [0.29, 0.717) is 5.69 Å². The molecule has 2 aliphatic rings. The van der Waals surface area contributed by atoms with Gasteiger partial charge in [-0.05, 0) is 31.0 Å². The molecule has 1 aromatic carbocycles. The van der Waals surface area contributed by atoms with Gasteiger partial charge in [-0.2, -0.15) is 5.10 Å². The van der Waals surface area contributed by atoms with Gasteiger partial charge >= 0.3 is 5.97 Å². The smallest absolute Gasteiger partial charge is 0.355 e. The number of hydrazone groups is 1. The van der Waals surface area contributed by atoms with Crippen LogP contribution in [0.5, 0.6) is 0 Å². The summed E-state index contributed by atoms with van der Waals surface area (Å²) in [7, 11) is 1.21. The average molecular weight is 301 g/mol. The third kappa shape index (κ3) is 1.82. The van der Waals surface area contributed by atoms with E-state index in [1.807, 2.05) is 19.9 Å². The monoisotopic (exact) mass is 301 g/mol. The lowest BCUT2D eigenvalue weighted by Gasteiger charge is -2.19. The average Bonchev–Trinajstić information content (AvgIpc) is 3.04. The molecule has 1 fully saturated rings. The first-order valence-corrected chi connectivity index (χ1v) is 6.82. The molecule has 22 heavy (non-hydrogen) atoms. The fourth-order valence-electron chi connectivity index (χ4n) is 2.78. The Morgan fingerprint density at radius 2 is 2.00 bits per heavy atom. The highest BCUT2D eigenvalue weighted by atomic mass is 16.5. The third-order valence-electron chi connectivity index (χ3n) is 4.14. The van der Waals surface area contributed by atoms with Gasteiger partial charge in [-0.3, -0.25) is 15.0 Å². The Kier molecular flexibility index (Phi) is 3.20. The van der Waals surface area contributed by atoms with Crippen molar-refractivity contribution in [1.29, 1.82) is 0 Å². The van der Waals surface area contributed by atoms with Gasteiger partial charge < -0.3 is 4.74 Å². The highest BCUT2D eigenvalue weighted by molar-refractivity contribution is 6.46. The van der Waals surface area contributed by atoms with Crippen molar-refractivity contribution in [2.75, 3.05) is 12.0 Å². The molecule has 2 heterocycles. The van der Waals surface area contributed by atoms with Crippen LogP contribution in [0.3, 0.4) is 0 Å². The number of nitrogens with one attached hydrogen (secondary N) is 1. The maximum absolute atomic E-state index is 12.7. The molecule has 114 valence electrons. The maximum Gasteiger partial charge on any atom is 0.355 e. The number of fused-ring (bicyclic) bond motifs is 1. The van der Waals surface area contributed by atoms with Crippen molar-refractivity contribution in [3.63, 3.8) is 0 Å². The Balaban J connectivity index is 2.02. The Labute approximate surface area is 126 Å². The molecule has 2 atom stereocenters. The fraction of sp³-hybridized carbons (Fsp3) is 0.333. The van der Waals surface area contributed by atoms with Crippen LogP contribution in [0.15, 0.2) is 23.3 Å². The molecular formula is C15H15N3O4. The first-order valence-electron chi connectivity index (χ1n) is 6.82. The van der Waals surface area contributed by atoms with Crippen LogP contribution in [0.25, 0.3) is 0 Å². The number of ether oxygens (including phenoxy) is 1. The lowest BCUT2D eigenvalue weighted by molar-refractivity contribution is -0.133. The summed E-state index contributed by atoms with van der Waals surface area (Å²) in [4.78, 5) is 38.0. The predicted octanol–water partition coefficient (Wildman–Crippen LogP) is 0.294. The number of nitrogens with zero attached hydrogens (tertiary/aromatic N) is 2. The van der Waals surface area contributed by atoms with Crippen molar-refractivity contribution in [3.8, 4) is 0 Å². The summed E-state index contributed by atoms with van der Waals surface area (Å²) in [5.74, 6) is -2.51. The zero-order valence-electron chi connectivity index (χ0n) is 12.4. The minimum absolute atomic E-state index is 0.0568. The van der Waals surface area contributed by atoms with E-state index in [1.54, 1.807) is 12.1 Å². The molecule has 1 N–H and O–H groups in total. The molecule has 0 aliphatic carbocycles. The third-order valence-corrected chi connectivity index (χ3v) is 4.14. The first kappa shape index (κ1) is 14.2. The summed E-state index contributed by atoms with van der Waals surface area (Å²) in [5.41, 5.74) is 4.88. The fourth-order valence-corrected chi connectivity index (χ4v) is 2.78. The van der Waals surface area contributed by atoms with Crippen LogP contribution in [0.1, 0.15) is 11.1 Å². The molecule has 7 heteroatoms. The summed E-state index contributed by atoms with van der Waals surface area (Å²) >= 11 is 0. The van der Waals surface area contributed by atoms with Crippen LogP contribution in [0, 0.1) is 19.8 Å². The van der Waals surface area contributed by atoms with Crippen LogP contribution >= 0.6 is 0 Å². The SMILES string of the molecule is COC(=O)C1=NNC2C(=O)N(c3cccc(C)c3C)C(=O)C12. The molecule has 3 rings (SSSR count). The molecule has 0 saturated carbocycles. The highest BCUT2D eigenvalue weighted by Gasteiger charge is 2.55. The van der Waals surface area contributed by atoms with Gasteiger partial charge in [-0.1, -0.05) is 12.1 Å². The molecule has 2 aliphatic heterocycles. The van der Waals surface area contributed by atoms with E-state index >= 15 is 0 Å². The van der Waals surface area contributed by atoms with Gasteiger partial charge in [-0.15, -0.1) is 0 Å². The van der Waals surface area contributed by atoms with Crippen molar-refractivity contribution >= 4 is 29.2 Å². The van der Waals surface area contributed by atoms with Crippen molar-refractivity contribution in [1.82, 2.24) is 5.43 Å². The van der Waals surface area contributed by atoms with Crippen molar-refractivity contribution < 1.29 is 19.1 Å². The van der Waals surface area contributed by atoms with E-state index in [4.69, 9.17) is 0 Å². The summed E-state index contributed by atoms with van der Waals surface area (Å²) in [5, 5.41) is 3.78. The van der Waals surface area contributed by atoms with E-state index in [9.17, 15) is 14.4 Å². The molecule has 2 amide bonds. The van der Waals surface area contributed by atoms with Gasteiger partial charge in [0.1, 0.15) is 12.0 Å². The number of aryl methyl sites for hydroxylation is 1. The van der Waals surface area contributed by atoms with Gasteiger partial charge in [0.25, 0.3) is 5.91 Å².